The Bertz CT molecular complexity index is 1220. The maximum atomic E-state index is 12.8. The average Bonchev–Trinajstić information content (AvgIpc) is 3.13. The van der Waals surface area contributed by atoms with Crippen LogP contribution >= 0.6 is 0 Å². The van der Waals surface area contributed by atoms with Gasteiger partial charge in [0.25, 0.3) is 5.56 Å². The van der Waals surface area contributed by atoms with Gasteiger partial charge in [0, 0.05) is 24.2 Å². The second-order valence-corrected chi connectivity index (χ2v) is 8.56. The maximum absolute atomic E-state index is 12.8. The number of carbonyl (C=O) groups is 2. The van der Waals surface area contributed by atoms with Gasteiger partial charge in [0.1, 0.15) is 11.3 Å². The molecule has 2 heterocycles. The van der Waals surface area contributed by atoms with Gasteiger partial charge in [-0.2, -0.15) is 5.10 Å². The molecule has 0 atom stereocenters. The molecule has 0 spiro atoms. The van der Waals surface area contributed by atoms with Crippen molar-refractivity contribution in [1.82, 2.24) is 20.5 Å². The quantitative estimate of drug-likeness (QED) is 0.446. The maximum Gasteiger partial charge on any atom is 0.355 e. The molecule has 0 bridgehead atoms. The summed E-state index contributed by atoms with van der Waals surface area (Å²) in [4.78, 5) is 40.6. The van der Waals surface area contributed by atoms with Crippen LogP contribution in [-0.2, 0) is 29.0 Å². The summed E-state index contributed by atoms with van der Waals surface area (Å²) in [5, 5.41) is 11.2. The van der Waals surface area contributed by atoms with E-state index in [0.29, 0.717) is 40.9 Å². The second-order valence-electron chi connectivity index (χ2n) is 8.56. The molecule has 9 nitrogen and oxygen atoms in total. The van der Waals surface area contributed by atoms with Crippen molar-refractivity contribution in [3.05, 3.63) is 62.8 Å². The third kappa shape index (κ3) is 5.48. The zero-order valence-corrected chi connectivity index (χ0v) is 19.6. The van der Waals surface area contributed by atoms with Crippen molar-refractivity contribution in [3.8, 4) is 0 Å². The van der Waals surface area contributed by atoms with Gasteiger partial charge in [-0.05, 0) is 45.7 Å². The fourth-order valence-electron chi connectivity index (χ4n) is 3.65. The first-order chi connectivity index (χ1) is 15.7. The van der Waals surface area contributed by atoms with Gasteiger partial charge in [0.2, 0.25) is 0 Å². The van der Waals surface area contributed by atoms with Gasteiger partial charge < -0.3 is 19.8 Å². The molecule has 1 aromatic carbocycles. The van der Waals surface area contributed by atoms with Gasteiger partial charge in [0.05, 0.1) is 23.3 Å². The lowest BCUT2D eigenvalue weighted by Crippen LogP contribution is -2.24. The summed E-state index contributed by atoms with van der Waals surface area (Å²) in [5.74, 6) is -1.02. The molecule has 3 aromatic rings. The Morgan fingerprint density at radius 2 is 1.76 bits per heavy atom. The Hall–Kier alpha value is -3.46. The van der Waals surface area contributed by atoms with Gasteiger partial charge in [-0.15, -0.1) is 0 Å². The van der Waals surface area contributed by atoms with Gasteiger partial charge in [-0.25, -0.2) is 14.7 Å². The third-order valence-corrected chi connectivity index (χ3v) is 4.99. The summed E-state index contributed by atoms with van der Waals surface area (Å²) in [6.45, 7) is 9.76. The Morgan fingerprint density at radius 3 is 2.39 bits per heavy atom. The molecule has 0 unspecified atom stereocenters. The Kier molecular flexibility index (Phi) is 7.33. The molecule has 176 valence electrons. The number of carbonyl (C=O) groups excluding carboxylic acids is 2. The number of fused-ring (bicyclic) bond motifs is 1. The minimum Gasteiger partial charge on any atom is -0.462 e. The molecule has 0 amide bonds. The Balaban J connectivity index is 1.90. The average molecular weight is 455 g/mol. The van der Waals surface area contributed by atoms with Crippen LogP contribution < -0.4 is 10.9 Å². The molecule has 3 rings (SSSR count). The van der Waals surface area contributed by atoms with Crippen LogP contribution in [0.4, 0.5) is 0 Å². The van der Waals surface area contributed by atoms with Crippen molar-refractivity contribution < 1.29 is 19.1 Å². The van der Waals surface area contributed by atoms with Crippen LogP contribution in [0.1, 0.15) is 72.4 Å². The van der Waals surface area contributed by atoms with Crippen LogP contribution in [0.5, 0.6) is 0 Å². The monoisotopic (exact) mass is 454 g/mol. The van der Waals surface area contributed by atoms with E-state index < -0.39 is 17.5 Å². The summed E-state index contributed by atoms with van der Waals surface area (Å²) >= 11 is 0. The number of hydrogen-bond donors (Lipinski definition) is 3. The zero-order chi connectivity index (χ0) is 24.2. The second kappa shape index (κ2) is 9.99. The van der Waals surface area contributed by atoms with Crippen LogP contribution in [0.2, 0.25) is 0 Å². The summed E-state index contributed by atoms with van der Waals surface area (Å²) in [6.07, 6.45) is 0.450. The highest BCUT2D eigenvalue weighted by Crippen LogP contribution is 2.24. The largest absolute Gasteiger partial charge is 0.462 e. The Morgan fingerprint density at radius 1 is 1.06 bits per heavy atom. The summed E-state index contributed by atoms with van der Waals surface area (Å²) in [5.41, 5.74) is 1.42. The van der Waals surface area contributed by atoms with E-state index in [-0.39, 0.29) is 24.4 Å². The molecule has 0 fully saturated rings. The van der Waals surface area contributed by atoms with Gasteiger partial charge in [-0.3, -0.25) is 4.79 Å². The van der Waals surface area contributed by atoms with Crippen LogP contribution in [0, 0.1) is 0 Å². The summed E-state index contributed by atoms with van der Waals surface area (Å²) < 4.78 is 10.8. The topological polar surface area (TPSA) is 126 Å². The van der Waals surface area contributed by atoms with E-state index in [1.807, 2.05) is 19.1 Å². The summed E-state index contributed by atoms with van der Waals surface area (Å²) in [7, 11) is 0. The number of esters is 2. The van der Waals surface area contributed by atoms with Crippen molar-refractivity contribution in [2.75, 3.05) is 6.61 Å². The lowest BCUT2D eigenvalue weighted by molar-refractivity contribution is 0.00621. The fraction of sp³-hybridized carbons (Fsp3) is 0.417. The SMILES string of the molecule is CCOC(=O)c1c(CNCc2n[nH]c(=O)c3ccccc23)[nH]c(C(=O)OC(C)(C)C)c1CC. The molecule has 2 aromatic heterocycles. The van der Waals surface area contributed by atoms with E-state index in [4.69, 9.17) is 9.47 Å². The highest BCUT2D eigenvalue weighted by Gasteiger charge is 2.29. The number of nitrogens with zero attached hydrogens (tertiary/aromatic N) is 1. The van der Waals surface area contributed by atoms with Crippen LogP contribution in [0.3, 0.4) is 0 Å². The Labute approximate surface area is 191 Å². The number of rotatable bonds is 8. The zero-order valence-electron chi connectivity index (χ0n) is 19.6. The lowest BCUT2D eigenvalue weighted by atomic mass is 10.1. The van der Waals surface area contributed by atoms with E-state index in [1.165, 1.54) is 0 Å². The van der Waals surface area contributed by atoms with E-state index in [1.54, 1.807) is 39.8 Å². The number of aromatic nitrogens is 3. The first kappa shape index (κ1) is 24.2. The van der Waals surface area contributed by atoms with Crippen LogP contribution in [0.25, 0.3) is 10.8 Å². The lowest BCUT2D eigenvalue weighted by Gasteiger charge is -2.19. The van der Waals surface area contributed by atoms with E-state index >= 15 is 0 Å². The van der Waals surface area contributed by atoms with Gasteiger partial charge in [0.15, 0.2) is 0 Å². The molecule has 0 radical (unpaired) electrons. The predicted octanol–water partition coefficient (Wildman–Crippen LogP) is 3.24. The van der Waals surface area contributed by atoms with Crippen LogP contribution in [0.15, 0.2) is 29.1 Å². The molecule has 0 aliphatic rings. The predicted molar refractivity (Wildman–Crippen MR) is 124 cm³/mol. The smallest absolute Gasteiger partial charge is 0.355 e. The summed E-state index contributed by atoms with van der Waals surface area (Å²) in [6, 6.07) is 7.22. The van der Waals surface area contributed by atoms with Crippen molar-refractivity contribution in [3.63, 3.8) is 0 Å². The molecule has 9 heteroatoms. The van der Waals surface area contributed by atoms with Gasteiger partial charge >= 0.3 is 11.9 Å². The van der Waals surface area contributed by atoms with Crippen molar-refractivity contribution >= 4 is 22.7 Å². The van der Waals surface area contributed by atoms with E-state index in [0.717, 1.165) is 5.39 Å². The number of hydrogen-bond acceptors (Lipinski definition) is 7. The number of H-pyrrole nitrogens is 2. The first-order valence-electron chi connectivity index (χ1n) is 11.0. The highest BCUT2D eigenvalue weighted by atomic mass is 16.6. The minimum atomic E-state index is -0.674. The molecule has 0 aliphatic heterocycles. The number of ether oxygens (including phenoxy) is 2. The molecule has 33 heavy (non-hydrogen) atoms. The van der Waals surface area contributed by atoms with E-state index in [2.05, 4.69) is 20.5 Å². The number of aromatic amines is 2. The molecular weight excluding hydrogens is 424 g/mol. The van der Waals surface area contributed by atoms with Crippen LogP contribution in [-0.4, -0.2) is 39.3 Å². The van der Waals surface area contributed by atoms with E-state index in [9.17, 15) is 14.4 Å². The number of nitrogens with one attached hydrogen (secondary N) is 3. The van der Waals surface area contributed by atoms with Crippen molar-refractivity contribution in [2.24, 2.45) is 0 Å². The molecular formula is C24H30N4O5. The minimum absolute atomic E-state index is 0.217. The third-order valence-electron chi connectivity index (χ3n) is 4.99. The van der Waals surface area contributed by atoms with Crippen molar-refractivity contribution in [2.45, 2.75) is 59.7 Å². The molecule has 0 saturated carbocycles. The van der Waals surface area contributed by atoms with Gasteiger partial charge in [-0.1, -0.05) is 25.1 Å². The standard InChI is InChI=1S/C24H30N4O5/c1-6-14-19(22(30)32-7-2)18(26-20(14)23(31)33-24(3,4)5)13-25-12-17-15-10-8-9-11-16(15)21(29)28-27-17/h8-11,25-26H,6-7,12-13H2,1-5H3,(H,28,29). The molecule has 0 saturated heterocycles. The first-order valence-corrected chi connectivity index (χ1v) is 11.0. The normalized spacial score (nSPS) is 11.5. The highest BCUT2D eigenvalue weighted by molar-refractivity contribution is 5.99. The fourth-order valence-corrected chi connectivity index (χ4v) is 3.65. The molecule has 0 aliphatic carbocycles. The number of benzene rings is 1. The molecule has 3 N–H and O–H groups in total. The van der Waals surface area contributed by atoms with Crippen molar-refractivity contribution in [1.29, 1.82) is 0 Å².